The summed E-state index contributed by atoms with van der Waals surface area (Å²) >= 11 is 3.22. The van der Waals surface area contributed by atoms with Gasteiger partial charge in [0.2, 0.25) is 10.0 Å². The van der Waals surface area contributed by atoms with Crippen molar-refractivity contribution in [2.75, 3.05) is 6.54 Å². The first-order chi connectivity index (χ1) is 9.50. The summed E-state index contributed by atoms with van der Waals surface area (Å²) in [4.78, 5) is 11.0. The van der Waals surface area contributed by atoms with Gasteiger partial charge in [0.1, 0.15) is 0 Å². The molecule has 0 amide bonds. The maximum Gasteiger partial charge on any atom is 0.335 e. The summed E-state index contributed by atoms with van der Waals surface area (Å²) in [5, 5.41) is 9.06. The number of carboxylic acid groups (broad SMARTS) is 1. The summed E-state index contributed by atoms with van der Waals surface area (Å²) < 4.78 is 27.8. The Kier molecular flexibility index (Phi) is 5.57. The van der Waals surface area contributed by atoms with Crippen LogP contribution in [-0.4, -0.2) is 26.0 Å². The van der Waals surface area contributed by atoms with E-state index in [1.54, 1.807) is 6.92 Å². The van der Waals surface area contributed by atoms with E-state index >= 15 is 0 Å². The van der Waals surface area contributed by atoms with Crippen molar-refractivity contribution in [3.8, 4) is 0 Å². The fraction of sp³-hybridized carbons (Fsp3) is 0.500. The van der Waals surface area contributed by atoms with Crippen LogP contribution in [0.2, 0.25) is 0 Å². The molecular weight excluding hydrogens is 358 g/mol. The molecule has 2 N–H and O–H groups in total. The number of sulfonamides is 1. The number of aromatic carboxylic acids is 1. The maximum absolute atomic E-state index is 12.4. The van der Waals surface area contributed by atoms with Gasteiger partial charge in [-0.3, -0.25) is 0 Å². The summed E-state index contributed by atoms with van der Waals surface area (Å²) in [5.41, 5.74) is 0.342. The number of nitrogens with one attached hydrogen (secondary N) is 1. The van der Waals surface area contributed by atoms with Crippen LogP contribution in [0.15, 0.2) is 21.5 Å². The zero-order chi connectivity index (χ0) is 16.4. The molecule has 0 unspecified atom stereocenters. The Morgan fingerprint density at radius 1 is 1.38 bits per heavy atom. The number of halogens is 1. The zero-order valence-electron chi connectivity index (χ0n) is 12.5. The topological polar surface area (TPSA) is 83.5 Å². The van der Waals surface area contributed by atoms with Gasteiger partial charge in [0.15, 0.2) is 0 Å². The first-order valence-corrected chi connectivity index (χ1v) is 8.81. The van der Waals surface area contributed by atoms with E-state index in [0.29, 0.717) is 10.0 Å². The van der Waals surface area contributed by atoms with Gasteiger partial charge in [0.25, 0.3) is 0 Å². The molecule has 0 atom stereocenters. The van der Waals surface area contributed by atoms with Crippen LogP contribution in [0, 0.1) is 12.3 Å². The molecule has 0 aromatic heterocycles. The monoisotopic (exact) mass is 377 g/mol. The number of hydrogen-bond donors (Lipinski definition) is 2. The third-order valence-corrected chi connectivity index (χ3v) is 6.20. The molecule has 118 valence electrons. The Bertz CT molecular complexity index is 653. The van der Waals surface area contributed by atoms with Crippen molar-refractivity contribution in [3.63, 3.8) is 0 Å². The molecule has 1 aromatic rings. The highest BCUT2D eigenvalue weighted by molar-refractivity contribution is 9.10. The standard InChI is InChI=1S/C14H20BrNO4S/c1-5-14(3,4)8-16-21(19,20)11-7-10(13(17)18)6-9(2)12(11)15/h6-7,16H,5,8H2,1-4H3,(H,17,18). The second kappa shape index (κ2) is 6.46. The lowest BCUT2D eigenvalue weighted by Crippen LogP contribution is -2.34. The van der Waals surface area contributed by atoms with Crippen LogP contribution >= 0.6 is 15.9 Å². The third kappa shape index (κ3) is 4.52. The van der Waals surface area contributed by atoms with Crippen LogP contribution in [0.3, 0.4) is 0 Å². The number of hydrogen-bond acceptors (Lipinski definition) is 3. The van der Waals surface area contributed by atoms with Gasteiger partial charge >= 0.3 is 5.97 Å². The van der Waals surface area contributed by atoms with E-state index < -0.39 is 16.0 Å². The second-order valence-electron chi connectivity index (χ2n) is 5.75. The van der Waals surface area contributed by atoms with E-state index in [1.807, 2.05) is 20.8 Å². The van der Waals surface area contributed by atoms with Crippen LogP contribution in [0.5, 0.6) is 0 Å². The van der Waals surface area contributed by atoms with Crippen molar-refractivity contribution >= 4 is 31.9 Å². The average Bonchev–Trinajstić information content (AvgIpc) is 2.39. The Morgan fingerprint density at radius 3 is 2.43 bits per heavy atom. The van der Waals surface area contributed by atoms with E-state index in [4.69, 9.17) is 5.11 Å². The maximum atomic E-state index is 12.4. The number of carboxylic acids is 1. The molecule has 0 radical (unpaired) electrons. The second-order valence-corrected chi connectivity index (χ2v) is 8.28. The highest BCUT2D eigenvalue weighted by Crippen LogP contribution is 2.28. The van der Waals surface area contributed by atoms with Gasteiger partial charge in [-0.05, 0) is 52.4 Å². The summed E-state index contributed by atoms with van der Waals surface area (Å²) in [5.74, 6) is -1.16. The number of carbonyl (C=O) groups is 1. The van der Waals surface area contributed by atoms with E-state index in [-0.39, 0.29) is 22.4 Å². The fourth-order valence-electron chi connectivity index (χ4n) is 1.55. The summed E-state index contributed by atoms with van der Waals surface area (Å²) in [6, 6.07) is 2.60. The molecular formula is C14H20BrNO4S. The van der Waals surface area contributed by atoms with Gasteiger partial charge in [-0.2, -0.15) is 0 Å². The number of rotatable bonds is 6. The van der Waals surface area contributed by atoms with Gasteiger partial charge in [0, 0.05) is 11.0 Å². The van der Waals surface area contributed by atoms with Crippen molar-refractivity contribution in [1.82, 2.24) is 4.72 Å². The smallest absolute Gasteiger partial charge is 0.335 e. The Morgan fingerprint density at radius 2 is 1.95 bits per heavy atom. The molecule has 0 heterocycles. The third-order valence-electron chi connectivity index (χ3n) is 3.46. The van der Waals surface area contributed by atoms with Crippen LogP contribution in [0.4, 0.5) is 0 Å². The summed E-state index contributed by atoms with van der Waals surface area (Å²) in [7, 11) is -3.77. The molecule has 0 aliphatic heterocycles. The minimum Gasteiger partial charge on any atom is -0.478 e. The Labute approximate surface area is 133 Å². The predicted molar refractivity (Wildman–Crippen MR) is 85.1 cm³/mol. The Balaban J connectivity index is 3.22. The Hall–Kier alpha value is -0.920. The van der Waals surface area contributed by atoms with E-state index in [9.17, 15) is 13.2 Å². The molecule has 1 rings (SSSR count). The fourth-order valence-corrected chi connectivity index (χ4v) is 3.83. The van der Waals surface area contributed by atoms with Gasteiger partial charge in [-0.25, -0.2) is 17.9 Å². The predicted octanol–water partition coefficient (Wildman–Crippen LogP) is 3.17. The molecule has 0 bridgehead atoms. The van der Waals surface area contributed by atoms with Crippen molar-refractivity contribution < 1.29 is 18.3 Å². The van der Waals surface area contributed by atoms with Gasteiger partial charge < -0.3 is 5.11 Å². The molecule has 0 saturated heterocycles. The molecule has 0 aliphatic carbocycles. The highest BCUT2D eigenvalue weighted by Gasteiger charge is 2.24. The average molecular weight is 378 g/mol. The van der Waals surface area contributed by atoms with E-state index in [0.717, 1.165) is 6.42 Å². The SMILES string of the molecule is CCC(C)(C)CNS(=O)(=O)c1cc(C(=O)O)cc(C)c1Br. The zero-order valence-corrected chi connectivity index (χ0v) is 14.9. The molecule has 1 aromatic carbocycles. The van der Waals surface area contributed by atoms with Crippen LogP contribution in [0.1, 0.15) is 43.1 Å². The summed E-state index contributed by atoms with van der Waals surface area (Å²) in [6.07, 6.45) is 0.824. The molecule has 7 heteroatoms. The van der Waals surface area contributed by atoms with Crippen LogP contribution in [-0.2, 0) is 10.0 Å². The molecule has 5 nitrogen and oxygen atoms in total. The van der Waals surface area contributed by atoms with Crippen molar-refractivity contribution in [1.29, 1.82) is 0 Å². The van der Waals surface area contributed by atoms with Gasteiger partial charge in [-0.15, -0.1) is 0 Å². The van der Waals surface area contributed by atoms with E-state index in [2.05, 4.69) is 20.7 Å². The minimum absolute atomic E-state index is 0.0493. The van der Waals surface area contributed by atoms with Crippen LogP contribution in [0.25, 0.3) is 0 Å². The van der Waals surface area contributed by atoms with Gasteiger partial charge in [0.05, 0.1) is 10.5 Å². The normalized spacial score (nSPS) is 12.4. The minimum atomic E-state index is -3.77. The lowest BCUT2D eigenvalue weighted by molar-refractivity contribution is 0.0696. The van der Waals surface area contributed by atoms with Gasteiger partial charge in [-0.1, -0.05) is 20.8 Å². The van der Waals surface area contributed by atoms with Crippen molar-refractivity contribution in [2.45, 2.75) is 39.0 Å². The molecule has 21 heavy (non-hydrogen) atoms. The highest BCUT2D eigenvalue weighted by atomic mass is 79.9. The van der Waals surface area contributed by atoms with Crippen molar-refractivity contribution in [3.05, 3.63) is 27.7 Å². The molecule has 0 saturated carbocycles. The first kappa shape index (κ1) is 18.1. The number of benzene rings is 1. The lowest BCUT2D eigenvalue weighted by atomic mass is 9.91. The van der Waals surface area contributed by atoms with Crippen molar-refractivity contribution in [2.24, 2.45) is 5.41 Å². The lowest BCUT2D eigenvalue weighted by Gasteiger charge is -2.23. The largest absolute Gasteiger partial charge is 0.478 e. The molecule has 0 aliphatic rings. The van der Waals surface area contributed by atoms with E-state index in [1.165, 1.54) is 12.1 Å². The first-order valence-electron chi connectivity index (χ1n) is 6.53. The summed E-state index contributed by atoms with van der Waals surface area (Å²) in [6.45, 7) is 7.85. The quantitative estimate of drug-likeness (QED) is 0.797. The van der Waals surface area contributed by atoms with Crippen LogP contribution < -0.4 is 4.72 Å². The number of aryl methyl sites for hydroxylation is 1. The molecule has 0 fully saturated rings. The molecule has 0 spiro atoms.